The van der Waals surface area contributed by atoms with Crippen molar-refractivity contribution in [2.45, 2.75) is 25.4 Å². The number of aliphatic imine (C=N–C) groups is 1. The first-order valence-corrected chi connectivity index (χ1v) is 11.4. The average Bonchev–Trinajstić information content (AvgIpc) is 2.87. The SMILES string of the molecule is N#Cc1ccc(COc2ccc(C3=NCCC(C(F)(F)F)=C3)c(O)c2-c2ccc(Cl)c(C(F)(F)F)c2)cc1. The fraction of sp³-hybridized carbons (Fsp3) is 0.185. The maximum Gasteiger partial charge on any atom is 0.417 e. The number of benzene rings is 3. The van der Waals surface area contributed by atoms with Crippen LogP contribution in [0.1, 0.15) is 28.7 Å². The summed E-state index contributed by atoms with van der Waals surface area (Å²) >= 11 is 5.76. The number of dihydropyridines is 1. The van der Waals surface area contributed by atoms with Crippen LogP contribution in [0.3, 0.4) is 0 Å². The first-order chi connectivity index (χ1) is 17.9. The number of halogens is 7. The van der Waals surface area contributed by atoms with Gasteiger partial charge in [0.15, 0.2) is 0 Å². The van der Waals surface area contributed by atoms with E-state index in [-0.39, 0.29) is 47.7 Å². The second-order valence-electron chi connectivity index (χ2n) is 8.31. The van der Waals surface area contributed by atoms with Crippen LogP contribution in [0, 0.1) is 11.3 Å². The van der Waals surface area contributed by atoms with Gasteiger partial charge in [0.1, 0.15) is 18.1 Å². The number of phenolic OH excluding ortho intramolecular Hbond substituents is 1. The smallest absolute Gasteiger partial charge is 0.417 e. The second kappa shape index (κ2) is 10.4. The first-order valence-electron chi connectivity index (χ1n) is 11.1. The molecule has 0 radical (unpaired) electrons. The highest BCUT2D eigenvalue weighted by molar-refractivity contribution is 6.31. The van der Waals surface area contributed by atoms with Crippen LogP contribution in [0.15, 0.2) is 71.2 Å². The minimum Gasteiger partial charge on any atom is -0.506 e. The highest BCUT2D eigenvalue weighted by Gasteiger charge is 2.36. The lowest BCUT2D eigenvalue weighted by Gasteiger charge is -2.20. The Kier molecular flexibility index (Phi) is 7.42. The van der Waals surface area contributed by atoms with Crippen molar-refractivity contribution in [3.63, 3.8) is 0 Å². The number of alkyl halides is 6. The quantitative estimate of drug-likeness (QED) is 0.329. The molecule has 0 unspecified atom stereocenters. The van der Waals surface area contributed by atoms with E-state index in [0.717, 1.165) is 18.2 Å². The maximum absolute atomic E-state index is 13.6. The third-order valence-corrected chi connectivity index (χ3v) is 6.12. The fourth-order valence-corrected chi connectivity index (χ4v) is 4.10. The summed E-state index contributed by atoms with van der Waals surface area (Å²) in [5.74, 6) is -0.626. The van der Waals surface area contributed by atoms with Crippen molar-refractivity contribution >= 4 is 17.3 Å². The molecule has 3 aromatic carbocycles. The number of nitriles is 1. The Balaban J connectivity index is 1.83. The summed E-state index contributed by atoms with van der Waals surface area (Å²) < 4.78 is 86.4. The molecule has 1 aliphatic heterocycles. The summed E-state index contributed by atoms with van der Waals surface area (Å²) in [4.78, 5) is 4.08. The molecule has 196 valence electrons. The molecular formula is C27H17ClF6N2O2. The lowest BCUT2D eigenvalue weighted by Crippen LogP contribution is -2.18. The van der Waals surface area contributed by atoms with Gasteiger partial charge in [-0.05, 0) is 60.0 Å². The molecule has 0 fully saturated rings. The molecule has 1 aliphatic rings. The number of allylic oxidation sites excluding steroid dienone is 1. The molecule has 1 heterocycles. The maximum atomic E-state index is 13.6. The summed E-state index contributed by atoms with van der Waals surface area (Å²) in [6.07, 6.45) is -8.93. The Hall–Kier alpha value is -3.97. The van der Waals surface area contributed by atoms with E-state index < -0.39 is 34.3 Å². The molecule has 4 rings (SSSR count). The van der Waals surface area contributed by atoms with E-state index in [1.54, 1.807) is 24.3 Å². The van der Waals surface area contributed by atoms with Gasteiger partial charge in [-0.15, -0.1) is 0 Å². The Morgan fingerprint density at radius 2 is 1.68 bits per heavy atom. The average molecular weight is 551 g/mol. The van der Waals surface area contributed by atoms with Gasteiger partial charge in [0.05, 0.1) is 33.5 Å². The molecule has 38 heavy (non-hydrogen) atoms. The normalized spacial score (nSPS) is 13.9. The Morgan fingerprint density at radius 1 is 0.974 bits per heavy atom. The summed E-state index contributed by atoms with van der Waals surface area (Å²) in [6.45, 7) is -0.248. The van der Waals surface area contributed by atoms with E-state index in [2.05, 4.69) is 4.99 Å². The molecule has 0 aromatic heterocycles. The van der Waals surface area contributed by atoms with E-state index in [1.165, 1.54) is 18.2 Å². The largest absolute Gasteiger partial charge is 0.506 e. The number of phenols is 1. The zero-order valence-electron chi connectivity index (χ0n) is 19.3. The van der Waals surface area contributed by atoms with Crippen LogP contribution >= 0.6 is 11.6 Å². The second-order valence-corrected chi connectivity index (χ2v) is 8.72. The van der Waals surface area contributed by atoms with E-state index in [1.807, 2.05) is 6.07 Å². The van der Waals surface area contributed by atoms with Gasteiger partial charge in [-0.25, -0.2) is 0 Å². The van der Waals surface area contributed by atoms with Crippen LogP contribution < -0.4 is 4.74 Å². The van der Waals surface area contributed by atoms with Crippen LogP contribution in [-0.2, 0) is 12.8 Å². The Bertz CT molecular complexity index is 1470. The number of aromatic hydroxyl groups is 1. The molecule has 0 atom stereocenters. The van der Waals surface area contributed by atoms with E-state index >= 15 is 0 Å². The Labute approximate surface area is 218 Å². The van der Waals surface area contributed by atoms with Crippen LogP contribution in [0.4, 0.5) is 26.3 Å². The zero-order chi connectivity index (χ0) is 27.7. The molecule has 0 saturated heterocycles. The first kappa shape index (κ1) is 27.1. The van der Waals surface area contributed by atoms with Gasteiger partial charge in [0, 0.05) is 17.7 Å². The van der Waals surface area contributed by atoms with Crippen LogP contribution in [-0.4, -0.2) is 23.5 Å². The molecule has 0 amide bonds. The fourth-order valence-electron chi connectivity index (χ4n) is 3.88. The highest BCUT2D eigenvalue weighted by atomic mass is 35.5. The van der Waals surface area contributed by atoms with Gasteiger partial charge in [-0.2, -0.15) is 31.6 Å². The molecular weight excluding hydrogens is 534 g/mol. The summed E-state index contributed by atoms with van der Waals surface area (Å²) in [5.41, 5.74) is -1.51. The monoisotopic (exact) mass is 550 g/mol. The summed E-state index contributed by atoms with van der Waals surface area (Å²) in [6, 6.07) is 13.9. The van der Waals surface area contributed by atoms with E-state index in [0.29, 0.717) is 11.1 Å². The van der Waals surface area contributed by atoms with Crippen LogP contribution in [0.5, 0.6) is 11.5 Å². The lowest BCUT2D eigenvalue weighted by molar-refractivity contribution is -0.137. The standard InChI is InChI=1S/C27H17ClF6N2O2/c28-21-7-5-17(11-20(21)27(32,33)34)24-23(38-14-16-3-1-15(13-35)2-4-16)8-6-19(25(24)37)22-12-18(9-10-36-22)26(29,30)31/h1-8,11-12,37H,9-10,14H2. The molecule has 0 aliphatic carbocycles. The molecule has 3 aromatic rings. The zero-order valence-corrected chi connectivity index (χ0v) is 20.0. The number of nitrogens with zero attached hydrogens (tertiary/aromatic N) is 2. The molecule has 0 spiro atoms. The predicted octanol–water partition coefficient (Wildman–Crippen LogP) is 7.86. The third kappa shape index (κ3) is 5.78. The van der Waals surface area contributed by atoms with Crippen LogP contribution in [0.25, 0.3) is 11.1 Å². The molecule has 0 saturated carbocycles. The summed E-state index contributed by atoms with van der Waals surface area (Å²) in [7, 11) is 0. The Morgan fingerprint density at radius 3 is 2.32 bits per heavy atom. The molecule has 4 nitrogen and oxygen atoms in total. The van der Waals surface area contributed by atoms with Crippen molar-refractivity contribution in [3.8, 4) is 28.7 Å². The number of ether oxygens (including phenoxy) is 1. The van der Waals surface area contributed by atoms with Gasteiger partial charge < -0.3 is 9.84 Å². The summed E-state index contributed by atoms with van der Waals surface area (Å²) in [5, 5.41) is 19.6. The van der Waals surface area contributed by atoms with Crippen molar-refractivity contribution < 1.29 is 36.2 Å². The lowest BCUT2D eigenvalue weighted by atomic mass is 9.94. The topological polar surface area (TPSA) is 65.6 Å². The highest BCUT2D eigenvalue weighted by Crippen LogP contribution is 2.45. The number of hydrogen-bond donors (Lipinski definition) is 1. The van der Waals surface area contributed by atoms with Crippen molar-refractivity contribution in [1.29, 1.82) is 5.26 Å². The van der Waals surface area contributed by atoms with E-state index in [4.69, 9.17) is 21.6 Å². The van der Waals surface area contributed by atoms with Gasteiger partial charge in [0.25, 0.3) is 0 Å². The molecule has 0 bridgehead atoms. The van der Waals surface area contributed by atoms with Crippen LogP contribution in [0.2, 0.25) is 5.02 Å². The number of rotatable bonds is 5. The minimum absolute atomic E-state index is 0.0255. The molecule has 1 N–H and O–H groups in total. The van der Waals surface area contributed by atoms with Crippen molar-refractivity contribution in [3.05, 3.63) is 93.5 Å². The van der Waals surface area contributed by atoms with Gasteiger partial charge in [-0.1, -0.05) is 29.8 Å². The predicted molar refractivity (Wildman–Crippen MR) is 129 cm³/mol. The van der Waals surface area contributed by atoms with Gasteiger partial charge >= 0.3 is 12.4 Å². The minimum atomic E-state index is -4.80. The van der Waals surface area contributed by atoms with Crippen molar-refractivity contribution in [1.82, 2.24) is 0 Å². The number of hydrogen-bond acceptors (Lipinski definition) is 4. The van der Waals surface area contributed by atoms with Crippen molar-refractivity contribution in [2.24, 2.45) is 4.99 Å². The molecule has 11 heteroatoms. The van der Waals surface area contributed by atoms with Crippen molar-refractivity contribution in [2.75, 3.05) is 6.54 Å². The van der Waals surface area contributed by atoms with Gasteiger partial charge in [0.2, 0.25) is 0 Å². The third-order valence-electron chi connectivity index (χ3n) is 5.79. The van der Waals surface area contributed by atoms with E-state index in [9.17, 15) is 31.4 Å². The van der Waals surface area contributed by atoms with Gasteiger partial charge in [-0.3, -0.25) is 4.99 Å².